The highest BCUT2D eigenvalue weighted by Crippen LogP contribution is 2.38. The van der Waals surface area contributed by atoms with E-state index < -0.39 is 11.7 Å². The van der Waals surface area contributed by atoms with E-state index in [0.717, 1.165) is 31.4 Å². The maximum Gasteiger partial charge on any atom is 0.416 e. The summed E-state index contributed by atoms with van der Waals surface area (Å²) in [6, 6.07) is 2.35. The van der Waals surface area contributed by atoms with Crippen molar-refractivity contribution in [3.05, 3.63) is 17.7 Å². The van der Waals surface area contributed by atoms with E-state index >= 15 is 0 Å². The van der Waals surface area contributed by atoms with Gasteiger partial charge in [-0.15, -0.1) is 0 Å². The first-order chi connectivity index (χ1) is 8.94. The Bertz CT molecular complexity index is 445. The highest BCUT2D eigenvalue weighted by Gasteiger charge is 2.37. The van der Waals surface area contributed by atoms with Gasteiger partial charge in [0.1, 0.15) is 11.6 Å². The van der Waals surface area contributed by atoms with Crippen LogP contribution in [0.2, 0.25) is 0 Å². The van der Waals surface area contributed by atoms with Crippen molar-refractivity contribution in [1.29, 1.82) is 0 Å². The molecular weight excluding hydrogens is 255 g/mol. The fraction of sp³-hybridized carbons (Fsp3) is 0.615. The minimum Gasteiger partial charge on any atom is -0.373 e. The summed E-state index contributed by atoms with van der Waals surface area (Å²) in [5.41, 5.74) is -0.679. The number of anilines is 2. The first kappa shape index (κ1) is 14.0. The Kier molecular flexibility index (Phi) is 3.87. The van der Waals surface area contributed by atoms with Gasteiger partial charge >= 0.3 is 6.18 Å². The van der Waals surface area contributed by atoms with Crippen molar-refractivity contribution < 1.29 is 13.2 Å². The molecule has 2 atom stereocenters. The number of nitrogens with zero attached hydrogens (tertiary/aromatic N) is 1. The summed E-state index contributed by atoms with van der Waals surface area (Å²) in [6.07, 6.45) is -1.13. The molecule has 0 aromatic carbocycles. The fourth-order valence-electron chi connectivity index (χ4n) is 2.20. The summed E-state index contributed by atoms with van der Waals surface area (Å²) in [7, 11) is 1.56. The lowest BCUT2D eigenvalue weighted by molar-refractivity contribution is -0.137. The van der Waals surface area contributed by atoms with Gasteiger partial charge in [0.25, 0.3) is 0 Å². The number of rotatable bonds is 5. The van der Waals surface area contributed by atoms with Crippen LogP contribution in [0.15, 0.2) is 12.1 Å². The lowest BCUT2D eigenvalue weighted by Crippen LogP contribution is -2.11. The zero-order valence-corrected chi connectivity index (χ0v) is 11.0. The van der Waals surface area contributed by atoms with Crippen LogP contribution < -0.4 is 10.6 Å². The molecule has 2 N–H and O–H groups in total. The van der Waals surface area contributed by atoms with Crippen LogP contribution in [0, 0.1) is 5.92 Å². The largest absolute Gasteiger partial charge is 0.416 e. The van der Waals surface area contributed by atoms with Gasteiger partial charge in [-0.1, -0.05) is 13.3 Å². The van der Waals surface area contributed by atoms with Gasteiger partial charge in [-0.25, -0.2) is 4.98 Å². The Hall–Kier alpha value is -1.46. The number of halogens is 3. The van der Waals surface area contributed by atoms with E-state index in [4.69, 9.17) is 0 Å². The van der Waals surface area contributed by atoms with Crippen LogP contribution in [0.5, 0.6) is 0 Å². The minimum atomic E-state index is -4.35. The second-order valence-electron chi connectivity index (χ2n) is 4.91. The molecule has 0 radical (unpaired) electrons. The smallest absolute Gasteiger partial charge is 0.373 e. The van der Waals surface area contributed by atoms with Gasteiger partial charge in [0.15, 0.2) is 0 Å². The zero-order chi connectivity index (χ0) is 14.0. The Labute approximate surface area is 110 Å². The molecule has 2 rings (SSSR count). The van der Waals surface area contributed by atoms with Crippen LogP contribution in [0.4, 0.5) is 24.8 Å². The van der Waals surface area contributed by atoms with Crippen LogP contribution in [0.1, 0.15) is 31.7 Å². The van der Waals surface area contributed by atoms with Gasteiger partial charge in [0, 0.05) is 13.1 Å². The second kappa shape index (κ2) is 5.27. The molecule has 106 valence electrons. The minimum absolute atomic E-state index is 0.227. The van der Waals surface area contributed by atoms with Gasteiger partial charge in [-0.2, -0.15) is 13.2 Å². The quantitative estimate of drug-likeness (QED) is 0.858. The number of aromatic nitrogens is 1. The third-order valence-corrected chi connectivity index (χ3v) is 3.32. The van der Waals surface area contributed by atoms with Crippen LogP contribution in [0.3, 0.4) is 0 Å². The number of hydrogen-bond donors (Lipinski definition) is 2. The summed E-state index contributed by atoms with van der Waals surface area (Å²) >= 11 is 0. The molecule has 19 heavy (non-hydrogen) atoms. The standard InChI is InChI=1S/C13H18F3N3/c1-3-4-8-5-10(8)18-12-7-9(13(14,15)16)6-11(17-2)19-12/h6-8,10H,3-5H2,1-2H3,(H2,17,18,19). The van der Waals surface area contributed by atoms with Crippen molar-refractivity contribution in [2.45, 2.75) is 38.4 Å². The predicted octanol–water partition coefficient (Wildman–Crippen LogP) is 3.74. The Morgan fingerprint density at radius 1 is 1.32 bits per heavy atom. The zero-order valence-electron chi connectivity index (χ0n) is 11.0. The van der Waals surface area contributed by atoms with E-state index in [0.29, 0.717) is 11.7 Å². The van der Waals surface area contributed by atoms with Crippen molar-refractivity contribution in [2.24, 2.45) is 5.92 Å². The molecule has 2 unspecified atom stereocenters. The topological polar surface area (TPSA) is 37.0 Å². The summed E-state index contributed by atoms with van der Waals surface area (Å²) in [5, 5.41) is 5.75. The van der Waals surface area contributed by atoms with E-state index in [2.05, 4.69) is 22.5 Å². The highest BCUT2D eigenvalue weighted by atomic mass is 19.4. The van der Waals surface area contributed by atoms with Crippen molar-refractivity contribution >= 4 is 11.6 Å². The van der Waals surface area contributed by atoms with Gasteiger partial charge in [-0.05, 0) is 30.9 Å². The molecule has 0 bridgehead atoms. The monoisotopic (exact) mass is 273 g/mol. The third kappa shape index (κ3) is 3.52. The Morgan fingerprint density at radius 2 is 2.00 bits per heavy atom. The molecule has 1 heterocycles. The Morgan fingerprint density at radius 3 is 2.58 bits per heavy atom. The molecule has 3 nitrogen and oxygen atoms in total. The van der Waals surface area contributed by atoms with Crippen molar-refractivity contribution in [1.82, 2.24) is 4.98 Å². The molecule has 0 amide bonds. The maximum atomic E-state index is 12.8. The maximum absolute atomic E-state index is 12.8. The molecule has 0 spiro atoms. The van der Waals surface area contributed by atoms with Gasteiger partial charge < -0.3 is 10.6 Å². The van der Waals surface area contributed by atoms with Gasteiger partial charge in [0.05, 0.1) is 5.56 Å². The number of hydrogen-bond acceptors (Lipinski definition) is 3. The summed E-state index contributed by atoms with van der Waals surface area (Å²) in [4.78, 5) is 4.12. The summed E-state index contributed by atoms with van der Waals surface area (Å²) in [6.45, 7) is 2.11. The van der Waals surface area contributed by atoms with E-state index in [-0.39, 0.29) is 11.9 Å². The number of pyridine rings is 1. The van der Waals surface area contributed by atoms with Crippen LogP contribution in [-0.4, -0.2) is 18.1 Å². The lowest BCUT2D eigenvalue weighted by atomic mass is 10.2. The SMILES string of the molecule is CCCC1CC1Nc1cc(C(F)(F)F)cc(NC)n1. The molecule has 1 fully saturated rings. The molecule has 1 aromatic rings. The molecule has 1 saturated carbocycles. The summed E-state index contributed by atoms with van der Waals surface area (Å²) in [5.74, 6) is 1.09. The molecule has 0 saturated heterocycles. The molecule has 0 aliphatic heterocycles. The van der Waals surface area contributed by atoms with Crippen LogP contribution in [0.25, 0.3) is 0 Å². The van der Waals surface area contributed by atoms with Crippen LogP contribution in [-0.2, 0) is 6.18 Å². The predicted molar refractivity (Wildman–Crippen MR) is 69.2 cm³/mol. The molecule has 1 aliphatic carbocycles. The number of alkyl halides is 3. The third-order valence-electron chi connectivity index (χ3n) is 3.32. The Balaban J connectivity index is 2.12. The lowest BCUT2D eigenvalue weighted by Gasteiger charge is -2.12. The van der Waals surface area contributed by atoms with Crippen molar-refractivity contribution in [3.63, 3.8) is 0 Å². The second-order valence-corrected chi connectivity index (χ2v) is 4.91. The van der Waals surface area contributed by atoms with Gasteiger partial charge in [0.2, 0.25) is 0 Å². The average Bonchev–Trinajstić information content (AvgIpc) is 3.06. The van der Waals surface area contributed by atoms with Crippen molar-refractivity contribution in [3.8, 4) is 0 Å². The molecular formula is C13H18F3N3. The normalized spacial score (nSPS) is 22.2. The van der Waals surface area contributed by atoms with Crippen LogP contribution >= 0.6 is 0 Å². The average molecular weight is 273 g/mol. The molecule has 6 heteroatoms. The van der Waals surface area contributed by atoms with E-state index in [1.807, 2.05) is 0 Å². The first-order valence-electron chi connectivity index (χ1n) is 6.47. The number of nitrogens with one attached hydrogen (secondary N) is 2. The first-order valence-corrected chi connectivity index (χ1v) is 6.47. The van der Waals surface area contributed by atoms with Crippen molar-refractivity contribution in [2.75, 3.05) is 17.7 Å². The molecule has 1 aliphatic rings. The van der Waals surface area contributed by atoms with Gasteiger partial charge in [-0.3, -0.25) is 0 Å². The molecule has 1 aromatic heterocycles. The fourth-order valence-corrected chi connectivity index (χ4v) is 2.20. The summed E-state index contributed by atoms with van der Waals surface area (Å²) < 4.78 is 38.3. The highest BCUT2D eigenvalue weighted by molar-refractivity contribution is 5.50. The van der Waals surface area contributed by atoms with E-state index in [9.17, 15) is 13.2 Å². The van der Waals surface area contributed by atoms with E-state index in [1.165, 1.54) is 0 Å². The van der Waals surface area contributed by atoms with E-state index in [1.54, 1.807) is 7.05 Å².